The van der Waals surface area contributed by atoms with E-state index in [0.717, 1.165) is 19.3 Å². The van der Waals surface area contributed by atoms with Crippen molar-refractivity contribution in [1.82, 2.24) is 4.31 Å². The average molecular weight is 462 g/mol. The van der Waals surface area contributed by atoms with Crippen LogP contribution in [0.25, 0.3) is 0 Å². The Bertz CT molecular complexity index is 1150. The van der Waals surface area contributed by atoms with Gasteiger partial charge in [0.1, 0.15) is 11.6 Å². The maximum atomic E-state index is 13.5. The summed E-state index contributed by atoms with van der Waals surface area (Å²) in [5.74, 6) is -0.597. The molecule has 1 unspecified atom stereocenters. The highest BCUT2D eigenvalue weighted by Crippen LogP contribution is 2.30. The van der Waals surface area contributed by atoms with Gasteiger partial charge in [0.25, 0.3) is 5.91 Å². The van der Waals surface area contributed by atoms with E-state index in [0.29, 0.717) is 30.1 Å². The number of nitrogens with zero attached hydrogens (tertiary/aromatic N) is 2. The fraction of sp³-hybridized carbons (Fsp3) is 0.364. The fourth-order valence-corrected chi connectivity index (χ4v) is 5.31. The first-order valence-corrected chi connectivity index (χ1v) is 11.8. The zero-order chi connectivity index (χ0) is 22.7. The Morgan fingerprint density at radius 2 is 1.97 bits per heavy atom. The number of nitrogens with one attached hydrogen (secondary N) is 1. The molecule has 0 bridgehead atoms. The van der Waals surface area contributed by atoms with E-state index in [2.05, 4.69) is 10.5 Å². The zero-order valence-corrected chi connectivity index (χ0v) is 18.4. The number of benzene rings is 2. The number of hydrogen-bond acceptors (Lipinski definition) is 6. The van der Waals surface area contributed by atoms with Crippen molar-refractivity contribution in [2.24, 2.45) is 5.16 Å². The number of methoxy groups -OCH3 is 1. The fourth-order valence-electron chi connectivity index (χ4n) is 3.77. The molecule has 32 heavy (non-hydrogen) atoms. The van der Waals surface area contributed by atoms with Crippen LogP contribution in [0.3, 0.4) is 0 Å². The van der Waals surface area contributed by atoms with Crippen molar-refractivity contribution in [1.29, 1.82) is 0 Å². The van der Waals surface area contributed by atoms with Gasteiger partial charge in [-0.25, -0.2) is 12.8 Å². The van der Waals surface area contributed by atoms with Crippen LogP contribution in [0.4, 0.5) is 10.1 Å². The highest BCUT2D eigenvalue weighted by atomic mass is 32.2. The van der Waals surface area contributed by atoms with Crippen LogP contribution in [0.15, 0.2) is 52.5 Å². The van der Waals surface area contributed by atoms with Crippen LogP contribution in [0.1, 0.15) is 31.2 Å². The smallest absolute Gasteiger partial charge is 0.268 e. The maximum absolute atomic E-state index is 13.5. The number of halogens is 1. The van der Waals surface area contributed by atoms with Gasteiger partial charge >= 0.3 is 0 Å². The molecule has 1 atom stereocenters. The molecule has 10 heteroatoms. The van der Waals surface area contributed by atoms with Crippen molar-refractivity contribution >= 4 is 27.3 Å². The van der Waals surface area contributed by atoms with Gasteiger partial charge in [-0.1, -0.05) is 23.7 Å². The van der Waals surface area contributed by atoms with Crippen molar-refractivity contribution in [3.63, 3.8) is 0 Å². The van der Waals surface area contributed by atoms with Crippen molar-refractivity contribution < 1.29 is 27.2 Å². The van der Waals surface area contributed by atoms with Gasteiger partial charge in [-0.05, 0) is 43.2 Å². The molecule has 0 radical (unpaired) electrons. The van der Waals surface area contributed by atoms with E-state index >= 15 is 0 Å². The monoisotopic (exact) mass is 461 g/mol. The summed E-state index contributed by atoms with van der Waals surface area (Å²) >= 11 is 0. The molecule has 2 aromatic rings. The number of carbonyl (C=O) groups is 1. The average Bonchev–Trinajstić information content (AvgIpc) is 3.30. The Labute approximate surface area is 186 Å². The summed E-state index contributed by atoms with van der Waals surface area (Å²) in [6.45, 7) is 0.957. The van der Waals surface area contributed by atoms with Gasteiger partial charge in [-0.2, -0.15) is 4.31 Å². The van der Waals surface area contributed by atoms with Gasteiger partial charge in [0.2, 0.25) is 16.1 Å². The van der Waals surface area contributed by atoms with Gasteiger partial charge in [0.05, 0.1) is 23.4 Å². The van der Waals surface area contributed by atoms with Crippen LogP contribution in [0.2, 0.25) is 0 Å². The molecule has 170 valence electrons. The van der Waals surface area contributed by atoms with E-state index in [-0.39, 0.29) is 17.0 Å². The number of carbonyl (C=O) groups excluding carboxylic acids is 1. The van der Waals surface area contributed by atoms with E-state index in [1.807, 2.05) is 0 Å². The van der Waals surface area contributed by atoms with E-state index in [9.17, 15) is 17.6 Å². The summed E-state index contributed by atoms with van der Waals surface area (Å²) in [5.41, 5.74) is 1.21. The van der Waals surface area contributed by atoms with Crippen LogP contribution in [0, 0.1) is 5.82 Å². The van der Waals surface area contributed by atoms with Gasteiger partial charge < -0.3 is 14.9 Å². The molecule has 8 nitrogen and oxygen atoms in total. The summed E-state index contributed by atoms with van der Waals surface area (Å²) in [7, 11) is -2.24. The van der Waals surface area contributed by atoms with Crippen molar-refractivity contribution in [2.45, 2.75) is 36.7 Å². The summed E-state index contributed by atoms with van der Waals surface area (Å²) in [6.07, 6.45) is 1.89. The summed E-state index contributed by atoms with van der Waals surface area (Å²) < 4.78 is 46.2. The van der Waals surface area contributed by atoms with Gasteiger partial charge in [-0.3, -0.25) is 4.79 Å². The third kappa shape index (κ3) is 4.61. The summed E-state index contributed by atoms with van der Waals surface area (Å²) in [6, 6.07) is 10.3. The minimum atomic E-state index is -3.68. The molecular weight excluding hydrogens is 437 g/mol. The Hall–Kier alpha value is -2.98. The SMILES string of the molecule is COc1ccc(S(=O)(=O)N2CCCCC2)cc1NC(=O)C1CC(c2cccc(F)c2)=NO1. The first kappa shape index (κ1) is 22.2. The molecule has 0 spiro atoms. The normalized spacial score (nSPS) is 19.2. The van der Waals surface area contributed by atoms with Crippen LogP contribution in [-0.2, 0) is 19.7 Å². The highest BCUT2D eigenvalue weighted by molar-refractivity contribution is 7.89. The van der Waals surface area contributed by atoms with Crippen molar-refractivity contribution in [2.75, 3.05) is 25.5 Å². The largest absolute Gasteiger partial charge is 0.495 e. The predicted octanol–water partition coefficient (Wildman–Crippen LogP) is 3.14. The van der Waals surface area contributed by atoms with E-state index in [4.69, 9.17) is 9.57 Å². The molecule has 2 aromatic carbocycles. The lowest BCUT2D eigenvalue weighted by Crippen LogP contribution is -2.35. The molecule has 0 saturated carbocycles. The first-order valence-electron chi connectivity index (χ1n) is 10.4. The van der Waals surface area contributed by atoms with Crippen LogP contribution in [0.5, 0.6) is 5.75 Å². The number of anilines is 1. The van der Waals surface area contributed by atoms with Crippen molar-refractivity contribution in [3.8, 4) is 5.75 Å². The third-order valence-corrected chi connectivity index (χ3v) is 7.40. The molecule has 4 rings (SSSR count). The highest BCUT2D eigenvalue weighted by Gasteiger charge is 2.31. The zero-order valence-electron chi connectivity index (χ0n) is 17.6. The molecule has 2 aliphatic rings. The molecule has 1 fully saturated rings. The third-order valence-electron chi connectivity index (χ3n) is 5.50. The second-order valence-corrected chi connectivity index (χ2v) is 9.60. The maximum Gasteiger partial charge on any atom is 0.268 e. The molecule has 0 aromatic heterocycles. The van der Waals surface area contributed by atoms with Gasteiger partial charge in [0.15, 0.2) is 0 Å². The quantitative estimate of drug-likeness (QED) is 0.713. The Morgan fingerprint density at radius 1 is 1.19 bits per heavy atom. The summed E-state index contributed by atoms with van der Waals surface area (Å²) in [4.78, 5) is 18.1. The van der Waals surface area contributed by atoms with E-state index < -0.39 is 27.9 Å². The summed E-state index contributed by atoms with van der Waals surface area (Å²) in [5, 5.41) is 6.59. The molecule has 1 saturated heterocycles. The molecule has 1 N–H and O–H groups in total. The van der Waals surface area contributed by atoms with Crippen LogP contribution in [-0.4, -0.2) is 50.6 Å². The number of amides is 1. The van der Waals surface area contributed by atoms with Crippen LogP contribution < -0.4 is 10.1 Å². The Balaban J connectivity index is 1.50. The molecule has 0 aliphatic carbocycles. The van der Waals surface area contributed by atoms with Gasteiger partial charge in [0, 0.05) is 25.1 Å². The minimum absolute atomic E-state index is 0.0829. The molecule has 1 amide bonds. The van der Waals surface area contributed by atoms with Gasteiger partial charge in [-0.15, -0.1) is 0 Å². The lowest BCUT2D eigenvalue weighted by atomic mass is 10.0. The lowest BCUT2D eigenvalue weighted by molar-refractivity contribution is -0.125. The predicted molar refractivity (Wildman–Crippen MR) is 117 cm³/mol. The first-order chi connectivity index (χ1) is 15.4. The molecular formula is C22H24FN3O5S. The number of ether oxygens (including phenoxy) is 1. The Kier molecular flexibility index (Phi) is 6.43. The number of oxime groups is 1. The van der Waals surface area contributed by atoms with Crippen LogP contribution >= 0.6 is 0 Å². The molecule has 2 aliphatic heterocycles. The van der Waals surface area contributed by atoms with E-state index in [1.165, 1.54) is 41.7 Å². The van der Waals surface area contributed by atoms with Crippen molar-refractivity contribution in [3.05, 3.63) is 53.8 Å². The number of rotatable bonds is 6. The van der Waals surface area contributed by atoms with E-state index in [1.54, 1.807) is 12.1 Å². The number of hydrogen-bond donors (Lipinski definition) is 1. The second-order valence-electron chi connectivity index (χ2n) is 7.66. The number of piperidine rings is 1. The standard InChI is InChI=1S/C22H24FN3O5S/c1-30-20-9-8-17(32(28,29)26-10-3-2-4-11-26)13-19(20)24-22(27)21-14-18(25-31-21)15-6-5-7-16(23)12-15/h5-9,12-13,21H,2-4,10-11,14H2,1H3,(H,24,27). The lowest BCUT2D eigenvalue weighted by Gasteiger charge is -2.26. The number of sulfonamides is 1. The Morgan fingerprint density at radius 3 is 2.69 bits per heavy atom. The molecule has 2 heterocycles. The minimum Gasteiger partial charge on any atom is -0.495 e. The second kappa shape index (κ2) is 9.25. The topological polar surface area (TPSA) is 97.3 Å².